The normalized spacial score (nSPS) is 12.6. The Bertz CT molecular complexity index is 1600. The molecule has 2 amide bonds. The van der Waals surface area contributed by atoms with Crippen LogP contribution in [0.5, 0.6) is 0 Å². The molecule has 4 aromatic rings. The lowest BCUT2D eigenvalue weighted by Crippen LogP contribution is -2.54. The number of nitrogens with one attached hydrogen (secondary N) is 1. The Morgan fingerprint density at radius 1 is 0.791 bits per heavy atom. The van der Waals surface area contributed by atoms with Crippen LogP contribution in [-0.2, 0) is 32.6 Å². The first kappa shape index (κ1) is 31.8. The van der Waals surface area contributed by atoms with Crippen molar-refractivity contribution in [2.45, 2.75) is 50.2 Å². The van der Waals surface area contributed by atoms with Gasteiger partial charge >= 0.3 is 0 Å². The Hall–Kier alpha value is -4.14. The van der Waals surface area contributed by atoms with Gasteiger partial charge in [-0.1, -0.05) is 110 Å². The predicted molar refractivity (Wildman–Crippen MR) is 171 cm³/mol. The van der Waals surface area contributed by atoms with Crippen LogP contribution in [0.1, 0.15) is 31.4 Å². The quantitative estimate of drug-likeness (QED) is 0.197. The highest BCUT2D eigenvalue weighted by atomic mass is 35.5. The van der Waals surface area contributed by atoms with E-state index >= 15 is 0 Å². The molecule has 2 atom stereocenters. The smallest absolute Gasteiger partial charge is 0.264 e. The first-order chi connectivity index (χ1) is 20.7. The third-order valence-electron chi connectivity index (χ3n) is 7.20. The third-order valence-corrected chi connectivity index (χ3v) is 9.29. The summed E-state index contributed by atoms with van der Waals surface area (Å²) in [5, 5.41) is 3.22. The maximum Gasteiger partial charge on any atom is 0.264 e. The molecular formula is C34H36ClN3O4S. The van der Waals surface area contributed by atoms with Gasteiger partial charge in [-0.2, -0.15) is 0 Å². The zero-order valence-electron chi connectivity index (χ0n) is 24.3. The third kappa shape index (κ3) is 8.24. The second-order valence-electron chi connectivity index (χ2n) is 10.3. The van der Waals surface area contributed by atoms with E-state index in [1.54, 1.807) is 42.5 Å². The number of anilines is 1. The molecule has 224 valence electrons. The predicted octanol–water partition coefficient (Wildman–Crippen LogP) is 6.09. The van der Waals surface area contributed by atoms with E-state index in [0.717, 1.165) is 15.4 Å². The fourth-order valence-electron chi connectivity index (χ4n) is 4.66. The molecule has 0 aromatic heterocycles. The van der Waals surface area contributed by atoms with Gasteiger partial charge in [0.1, 0.15) is 12.6 Å². The van der Waals surface area contributed by atoms with Crippen LogP contribution >= 0.6 is 11.6 Å². The van der Waals surface area contributed by atoms with E-state index in [2.05, 4.69) is 5.32 Å². The molecule has 0 aliphatic heterocycles. The standard InChI is InChI=1S/C34H36ClN3O4S/c1-3-26(2)36-34(40)32(23-27-15-7-4-8-16-27)37(24-28-17-9-5-10-18-28)33(39)25-38(31-22-14-13-21-30(31)35)43(41,42)29-19-11-6-12-20-29/h4-22,26,32H,3,23-25H2,1-2H3,(H,36,40)/t26-,32-/m1/s1. The molecule has 4 aromatic carbocycles. The molecule has 0 fully saturated rings. The van der Waals surface area contributed by atoms with E-state index in [4.69, 9.17) is 11.6 Å². The van der Waals surface area contributed by atoms with Crippen molar-refractivity contribution in [3.05, 3.63) is 131 Å². The molecule has 4 rings (SSSR count). The van der Waals surface area contributed by atoms with E-state index in [-0.39, 0.29) is 40.5 Å². The van der Waals surface area contributed by atoms with Crippen LogP contribution in [0, 0.1) is 0 Å². The molecule has 0 bridgehead atoms. The summed E-state index contributed by atoms with van der Waals surface area (Å²) in [5.74, 6) is -0.846. The van der Waals surface area contributed by atoms with Crippen molar-refractivity contribution in [2.24, 2.45) is 0 Å². The molecule has 0 unspecified atom stereocenters. The highest BCUT2D eigenvalue weighted by molar-refractivity contribution is 7.92. The Labute approximate surface area is 259 Å². The molecule has 0 heterocycles. The van der Waals surface area contributed by atoms with Crippen molar-refractivity contribution in [2.75, 3.05) is 10.8 Å². The summed E-state index contributed by atoms with van der Waals surface area (Å²) in [6.07, 6.45) is 0.964. The monoisotopic (exact) mass is 617 g/mol. The van der Waals surface area contributed by atoms with Gasteiger partial charge in [-0.15, -0.1) is 0 Å². The lowest BCUT2D eigenvalue weighted by Gasteiger charge is -2.34. The molecule has 9 heteroatoms. The topological polar surface area (TPSA) is 86.8 Å². The van der Waals surface area contributed by atoms with E-state index < -0.39 is 28.5 Å². The van der Waals surface area contributed by atoms with Gasteiger partial charge in [0.2, 0.25) is 11.8 Å². The van der Waals surface area contributed by atoms with Gasteiger partial charge in [-0.05, 0) is 48.7 Å². The van der Waals surface area contributed by atoms with E-state index in [1.165, 1.54) is 17.0 Å². The minimum atomic E-state index is -4.21. The van der Waals surface area contributed by atoms with E-state index in [0.29, 0.717) is 6.42 Å². The van der Waals surface area contributed by atoms with Crippen LogP contribution in [0.15, 0.2) is 120 Å². The fourth-order valence-corrected chi connectivity index (χ4v) is 6.40. The van der Waals surface area contributed by atoms with Gasteiger partial charge < -0.3 is 10.2 Å². The molecule has 0 saturated heterocycles. The Balaban J connectivity index is 1.79. The van der Waals surface area contributed by atoms with Crippen molar-refractivity contribution >= 4 is 39.1 Å². The van der Waals surface area contributed by atoms with Crippen molar-refractivity contribution in [3.8, 4) is 0 Å². The van der Waals surface area contributed by atoms with Gasteiger partial charge in [0.25, 0.3) is 10.0 Å². The van der Waals surface area contributed by atoms with Gasteiger partial charge in [0, 0.05) is 19.0 Å². The summed E-state index contributed by atoms with van der Waals surface area (Å²) < 4.78 is 29.0. The molecule has 0 saturated carbocycles. The maximum atomic E-state index is 14.4. The minimum Gasteiger partial charge on any atom is -0.352 e. The molecule has 0 radical (unpaired) electrons. The molecule has 0 aliphatic rings. The largest absolute Gasteiger partial charge is 0.352 e. The number of halogens is 1. The highest BCUT2D eigenvalue weighted by Crippen LogP contribution is 2.31. The molecule has 7 nitrogen and oxygen atoms in total. The van der Waals surface area contributed by atoms with Crippen LogP contribution in [0.3, 0.4) is 0 Å². The number of nitrogens with zero attached hydrogens (tertiary/aromatic N) is 2. The number of sulfonamides is 1. The summed E-state index contributed by atoms with van der Waals surface area (Å²) >= 11 is 6.50. The number of benzene rings is 4. The summed E-state index contributed by atoms with van der Waals surface area (Å²) in [7, 11) is -4.21. The fraction of sp³-hybridized carbons (Fsp3) is 0.235. The molecule has 0 spiro atoms. The number of hydrogen-bond donors (Lipinski definition) is 1. The van der Waals surface area contributed by atoms with Gasteiger partial charge in [-0.3, -0.25) is 13.9 Å². The van der Waals surface area contributed by atoms with Gasteiger partial charge in [0.15, 0.2) is 0 Å². The average Bonchev–Trinajstić information content (AvgIpc) is 3.03. The van der Waals surface area contributed by atoms with E-state index in [1.807, 2.05) is 74.5 Å². The summed E-state index contributed by atoms with van der Waals surface area (Å²) in [4.78, 5) is 29.7. The number of carbonyl (C=O) groups is 2. The molecule has 0 aliphatic carbocycles. The van der Waals surface area contributed by atoms with Crippen LogP contribution in [-0.4, -0.2) is 43.8 Å². The number of rotatable bonds is 13. The van der Waals surface area contributed by atoms with Crippen molar-refractivity contribution in [3.63, 3.8) is 0 Å². The molecular weight excluding hydrogens is 582 g/mol. The lowest BCUT2D eigenvalue weighted by atomic mass is 10.0. The summed E-state index contributed by atoms with van der Waals surface area (Å²) in [6, 6.07) is 32.2. The maximum absolute atomic E-state index is 14.4. The van der Waals surface area contributed by atoms with Crippen molar-refractivity contribution in [1.82, 2.24) is 10.2 Å². The van der Waals surface area contributed by atoms with Crippen LogP contribution in [0.4, 0.5) is 5.69 Å². The first-order valence-electron chi connectivity index (χ1n) is 14.2. The molecule has 43 heavy (non-hydrogen) atoms. The van der Waals surface area contributed by atoms with Crippen LogP contribution in [0.2, 0.25) is 5.02 Å². The number of para-hydroxylation sites is 1. The number of amides is 2. The number of hydrogen-bond acceptors (Lipinski definition) is 4. The second kappa shape index (κ2) is 14.8. The Kier molecular flexibility index (Phi) is 11.0. The summed E-state index contributed by atoms with van der Waals surface area (Å²) in [6.45, 7) is 3.43. The highest BCUT2D eigenvalue weighted by Gasteiger charge is 2.35. The Morgan fingerprint density at radius 3 is 1.91 bits per heavy atom. The lowest BCUT2D eigenvalue weighted by molar-refractivity contribution is -0.140. The van der Waals surface area contributed by atoms with E-state index in [9.17, 15) is 18.0 Å². The second-order valence-corrected chi connectivity index (χ2v) is 12.6. The van der Waals surface area contributed by atoms with Crippen molar-refractivity contribution < 1.29 is 18.0 Å². The zero-order valence-corrected chi connectivity index (χ0v) is 25.8. The zero-order chi connectivity index (χ0) is 30.8. The number of carbonyl (C=O) groups excluding carboxylic acids is 2. The van der Waals surface area contributed by atoms with Crippen molar-refractivity contribution in [1.29, 1.82) is 0 Å². The summed E-state index contributed by atoms with van der Waals surface area (Å²) in [5.41, 5.74) is 1.85. The SMILES string of the molecule is CC[C@@H](C)NC(=O)[C@@H](Cc1ccccc1)N(Cc1ccccc1)C(=O)CN(c1ccccc1Cl)S(=O)(=O)c1ccccc1. The van der Waals surface area contributed by atoms with Gasteiger partial charge in [0.05, 0.1) is 15.6 Å². The minimum absolute atomic E-state index is 0.0210. The Morgan fingerprint density at radius 2 is 1.33 bits per heavy atom. The average molecular weight is 618 g/mol. The molecule has 1 N–H and O–H groups in total. The van der Waals surface area contributed by atoms with Gasteiger partial charge in [-0.25, -0.2) is 8.42 Å². The van der Waals surface area contributed by atoms with Crippen LogP contribution in [0.25, 0.3) is 0 Å². The first-order valence-corrected chi connectivity index (χ1v) is 16.0. The van der Waals surface area contributed by atoms with Crippen LogP contribution < -0.4 is 9.62 Å².